The molecule has 0 aliphatic heterocycles. The van der Waals surface area contributed by atoms with Crippen molar-refractivity contribution in [2.45, 2.75) is 20.3 Å². The third-order valence-corrected chi connectivity index (χ3v) is 3.18. The second kappa shape index (κ2) is 4.10. The maximum Gasteiger partial charge on any atom is 0.339 e. The van der Waals surface area contributed by atoms with Gasteiger partial charge in [-0.25, -0.2) is 4.79 Å². The lowest BCUT2D eigenvalue weighted by molar-refractivity contribution is 0.0692. The van der Waals surface area contributed by atoms with E-state index in [1.807, 2.05) is 6.92 Å². The van der Waals surface area contributed by atoms with Gasteiger partial charge in [-0.05, 0) is 40.4 Å². The summed E-state index contributed by atoms with van der Waals surface area (Å²) in [7, 11) is 0. The highest BCUT2D eigenvalue weighted by Gasteiger charge is 2.22. The molecule has 0 aliphatic rings. The van der Waals surface area contributed by atoms with Gasteiger partial charge in [0.05, 0.1) is 4.47 Å². The molecule has 0 fully saturated rings. The molecule has 0 bridgehead atoms. The Hall–Kier alpha value is -1.23. The highest BCUT2D eigenvalue weighted by atomic mass is 79.9. The molecular weight excluding hydrogens is 264 g/mol. The summed E-state index contributed by atoms with van der Waals surface area (Å²) in [5.74, 6) is -2.26. The van der Waals surface area contributed by atoms with Crippen LogP contribution in [0.25, 0.3) is 0 Å². The second-order valence-corrected chi connectivity index (χ2v) is 3.94. The zero-order valence-corrected chi connectivity index (χ0v) is 9.92. The molecular formula is C10H11BrO4. The van der Waals surface area contributed by atoms with Crippen LogP contribution < -0.4 is 0 Å². The highest BCUT2D eigenvalue weighted by Crippen LogP contribution is 2.41. The van der Waals surface area contributed by atoms with E-state index >= 15 is 0 Å². The number of aromatic hydroxyl groups is 2. The van der Waals surface area contributed by atoms with Crippen LogP contribution in [-0.4, -0.2) is 21.3 Å². The number of aromatic carboxylic acids is 1. The van der Waals surface area contributed by atoms with Gasteiger partial charge in [-0.2, -0.15) is 0 Å². The molecule has 1 aromatic rings. The van der Waals surface area contributed by atoms with Crippen molar-refractivity contribution in [2.75, 3.05) is 0 Å². The summed E-state index contributed by atoms with van der Waals surface area (Å²) in [5.41, 5.74) is 0.905. The summed E-state index contributed by atoms with van der Waals surface area (Å²) in [4.78, 5) is 10.9. The highest BCUT2D eigenvalue weighted by molar-refractivity contribution is 9.10. The van der Waals surface area contributed by atoms with Crippen molar-refractivity contribution in [3.63, 3.8) is 0 Å². The fourth-order valence-electron chi connectivity index (χ4n) is 1.54. The SMILES string of the molecule is CCc1c(C)c(C(=O)O)c(O)c(O)c1Br. The van der Waals surface area contributed by atoms with Crippen LogP contribution in [0.2, 0.25) is 0 Å². The molecule has 0 radical (unpaired) electrons. The van der Waals surface area contributed by atoms with Gasteiger partial charge < -0.3 is 15.3 Å². The van der Waals surface area contributed by atoms with Gasteiger partial charge in [0.1, 0.15) is 5.56 Å². The van der Waals surface area contributed by atoms with E-state index in [1.54, 1.807) is 6.92 Å². The number of hydrogen-bond acceptors (Lipinski definition) is 3. The molecule has 1 aromatic carbocycles. The van der Waals surface area contributed by atoms with E-state index in [9.17, 15) is 15.0 Å². The number of hydrogen-bond donors (Lipinski definition) is 3. The summed E-state index contributed by atoms with van der Waals surface area (Å²) in [5, 5.41) is 27.9. The maximum absolute atomic E-state index is 10.9. The van der Waals surface area contributed by atoms with E-state index in [4.69, 9.17) is 5.11 Å². The molecule has 0 spiro atoms. The van der Waals surface area contributed by atoms with Gasteiger partial charge in [0.15, 0.2) is 11.5 Å². The molecule has 1 rings (SSSR count). The minimum atomic E-state index is -1.25. The van der Waals surface area contributed by atoms with Crippen molar-refractivity contribution in [3.8, 4) is 11.5 Å². The minimum Gasteiger partial charge on any atom is -0.504 e. The third-order valence-electron chi connectivity index (χ3n) is 2.33. The van der Waals surface area contributed by atoms with Crippen molar-refractivity contribution < 1.29 is 20.1 Å². The van der Waals surface area contributed by atoms with Gasteiger partial charge >= 0.3 is 5.97 Å². The number of carboxylic acid groups (broad SMARTS) is 1. The monoisotopic (exact) mass is 274 g/mol. The summed E-state index contributed by atoms with van der Waals surface area (Å²) in [6, 6.07) is 0. The van der Waals surface area contributed by atoms with Crippen molar-refractivity contribution in [1.82, 2.24) is 0 Å². The number of carbonyl (C=O) groups is 1. The van der Waals surface area contributed by atoms with Gasteiger partial charge in [0, 0.05) is 0 Å². The van der Waals surface area contributed by atoms with Gasteiger partial charge in [0.25, 0.3) is 0 Å². The Morgan fingerprint density at radius 2 is 1.87 bits per heavy atom. The van der Waals surface area contributed by atoms with Crippen molar-refractivity contribution in [1.29, 1.82) is 0 Å². The fraction of sp³-hybridized carbons (Fsp3) is 0.300. The average Bonchev–Trinajstić information content (AvgIpc) is 2.15. The first-order chi connectivity index (χ1) is 6.91. The Balaban J connectivity index is 3.68. The van der Waals surface area contributed by atoms with Crippen LogP contribution in [0.5, 0.6) is 11.5 Å². The first kappa shape index (κ1) is 11.8. The lowest BCUT2D eigenvalue weighted by Gasteiger charge is -2.13. The van der Waals surface area contributed by atoms with E-state index in [-0.39, 0.29) is 5.56 Å². The van der Waals surface area contributed by atoms with Gasteiger partial charge in [-0.1, -0.05) is 6.92 Å². The van der Waals surface area contributed by atoms with Crippen LogP contribution in [0.15, 0.2) is 4.47 Å². The van der Waals surface area contributed by atoms with Crippen LogP contribution in [0, 0.1) is 6.92 Å². The van der Waals surface area contributed by atoms with E-state index in [1.165, 1.54) is 0 Å². The summed E-state index contributed by atoms with van der Waals surface area (Å²) >= 11 is 3.12. The molecule has 0 unspecified atom stereocenters. The molecule has 0 atom stereocenters. The number of phenols is 2. The molecule has 15 heavy (non-hydrogen) atoms. The molecule has 0 saturated carbocycles. The minimum absolute atomic E-state index is 0.243. The van der Waals surface area contributed by atoms with E-state index in [0.29, 0.717) is 22.0 Å². The van der Waals surface area contributed by atoms with Crippen LogP contribution in [-0.2, 0) is 6.42 Å². The maximum atomic E-state index is 10.9. The fourth-order valence-corrected chi connectivity index (χ4v) is 2.31. The second-order valence-electron chi connectivity index (χ2n) is 3.15. The Morgan fingerprint density at radius 1 is 1.33 bits per heavy atom. The topological polar surface area (TPSA) is 77.8 Å². The van der Waals surface area contributed by atoms with Gasteiger partial charge in [-0.3, -0.25) is 0 Å². The zero-order valence-electron chi connectivity index (χ0n) is 8.33. The molecule has 0 saturated heterocycles. The van der Waals surface area contributed by atoms with Crippen molar-refractivity contribution in [2.24, 2.45) is 0 Å². The molecule has 0 heterocycles. The molecule has 4 nitrogen and oxygen atoms in total. The van der Waals surface area contributed by atoms with Crippen molar-refractivity contribution in [3.05, 3.63) is 21.2 Å². The number of carboxylic acids is 1. The Bertz CT molecular complexity index is 426. The first-order valence-electron chi connectivity index (χ1n) is 4.37. The predicted octanol–water partition coefficient (Wildman–Crippen LogP) is 2.43. The summed E-state index contributed by atoms with van der Waals surface area (Å²) in [6.07, 6.45) is 0.570. The van der Waals surface area contributed by atoms with E-state index in [0.717, 1.165) is 0 Å². The van der Waals surface area contributed by atoms with E-state index in [2.05, 4.69) is 15.9 Å². The molecule has 0 aromatic heterocycles. The quantitative estimate of drug-likeness (QED) is 0.724. The van der Waals surface area contributed by atoms with Gasteiger partial charge in [0.2, 0.25) is 0 Å². The van der Waals surface area contributed by atoms with Crippen LogP contribution in [0.3, 0.4) is 0 Å². The number of benzene rings is 1. The van der Waals surface area contributed by atoms with Gasteiger partial charge in [-0.15, -0.1) is 0 Å². The van der Waals surface area contributed by atoms with Crippen LogP contribution >= 0.6 is 15.9 Å². The molecule has 0 amide bonds. The largest absolute Gasteiger partial charge is 0.504 e. The average molecular weight is 275 g/mol. The summed E-state index contributed by atoms with van der Waals surface area (Å²) in [6.45, 7) is 3.45. The Morgan fingerprint density at radius 3 is 2.27 bits per heavy atom. The molecule has 3 N–H and O–H groups in total. The number of phenolic OH excluding ortho intramolecular Hbond substituents is 1. The van der Waals surface area contributed by atoms with Crippen molar-refractivity contribution >= 4 is 21.9 Å². The summed E-state index contributed by atoms with van der Waals surface area (Å²) < 4.78 is 0.352. The lowest BCUT2D eigenvalue weighted by atomic mass is 9.99. The molecule has 0 aliphatic carbocycles. The Labute approximate surface area is 95.3 Å². The number of rotatable bonds is 2. The van der Waals surface area contributed by atoms with E-state index < -0.39 is 17.5 Å². The number of halogens is 1. The van der Waals surface area contributed by atoms with Crippen LogP contribution in [0.1, 0.15) is 28.4 Å². The lowest BCUT2D eigenvalue weighted by Crippen LogP contribution is -2.04. The molecule has 5 heteroatoms. The first-order valence-corrected chi connectivity index (χ1v) is 5.17. The normalized spacial score (nSPS) is 10.3. The smallest absolute Gasteiger partial charge is 0.339 e. The standard InChI is InChI=1S/C10H11BrO4/c1-3-5-4(2)6(10(14)15)8(12)9(13)7(5)11/h12-13H,3H2,1-2H3,(H,14,15). The zero-order chi connectivity index (χ0) is 11.7. The Kier molecular flexibility index (Phi) is 3.24. The third kappa shape index (κ3) is 1.79. The van der Waals surface area contributed by atoms with Crippen LogP contribution in [0.4, 0.5) is 0 Å². The molecule has 82 valence electrons. The predicted molar refractivity (Wildman–Crippen MR) is 58.5 cm³/mol.